The van der Waals surface area contributed by atoms with Gasteiger partial charge in [0.1, 0.15) is 24.1 Å². The van der Waals surface area contributed by atoms with Crippen LogP contribution in [0.2, 0.25) is 5.02 Å². The lowest BCUT2D eigenvalue weighted by Crippen LogP contribution is -2.32. The number of imidazole rings is 1. The van der Waals surface area contributed by atoms with Crippen molar-refractivity contribution in [2.75, 3.05) is 23.8 Å². The molecule has 4 aromatic rings. The lowest BCUT2D eigenvalue weighted by atomic mass is 10.0. The van der Waals surface area contributed by atoms with Crippen LogP contribution in [0, 0.1) is 0 Å². The minimum atomic E-state index is -1.09. The molecule has 0 unspecified atom stereocenters. The number of aromatic nitrogens is 4. The van der Waals surface area contributed by atoms with Crippen LogP contribution in [-0.2, 0) is 11.3 Å². The van der Waals surface area contributed by atoms with Gasteiger partial charge in [-0.15, -0.1) is 0 Å². The van der Waals surface area contributed by atoms with Gasteiger partial charge in [-0.25, -0.2) is 15.0 Å². The second-order valence-corrected chi connectivity index (χ2v) is 10.9. The number of hydrogen-bond donors (Lipinski definition) is 4. The van der Waals surface area contributed by atoms with Gasteiger partial charge in [-0.1, -0.05) is 41.9 Å². The van der Waals surface area contributed by atoms with E-state index in [4.69, 9.17) is 22.1 Å². The summed E-state index contributed by atoms with van der Waals surface area (Å²) in [5, 5.41) is 25.4. The van der Waals surface area contributed by atoms with Gasteiger partial charge >= 0.3 is 0 Å². The van der Waals surface area contributed by atoms with Gasteiger partial charge in [-0.3, -0.25) is 4.57 Å². The summed E-state index contributed by atoms with van der Waals surface area (Å²) in [6.45, 7) is 1.74. The Bertz CT molecular complexity index is 1350. The number of nitrogens with two attached hydrogens (primary N) is 1. The first-order valence-corrected chi connectivity index (χ1v) is 14.1. The van der Waals surface area contributed by atoms with E-state index >= 15 is 0 Å². The molecule has 4 atom stereocenters. The van der Waals surface area contributed by atoms with E-state index in [1.165, 1.54) is 23.8 Å². The van der Waals surface area contributed by atoms with E-state index in [2.05, 4.69) is 44.5 Å². The number of benzene rings is 2. The van der Waals surface area contributed by atoms with Gasteiger partial charge in [0.15, 0.2) is 17.7 Å². The number of hydrogen-bond acceptors (Lipinski definition) is 9. The smallest absolute Gasteiger partial charge is 0.167 e. The predicted molar refractivity (Wildman–Crippen MR) is 151 cm³/mol. The standard InChI is InChI=1S/C27H31ClN6O3S/c28-20-8-6-18(7-9-20)19-5-3-4-17(12-19)13-30-10-1-2-11-38-14-21-23(35)24(36)27(37-21)34-16-33-22-25(29)31-15-32-26(22)34/h3-9,12,15-16,21,23-24,27,30,35-36H,1-2,10-11,13-14H2,(H2,29,31,32)/t21-,23-,24-,27-/m1/s1. The number of halogens is 1. The van der Waals surface area contributed by atoms with E-state index in [1.807, 2.05) is 24.3 Å². The molecule has 2 aromatic heterocycles. The highest BCUT2D eigenvalue weighted by Crippen LogP contribution is 2.33. The first kappa shape index (κ1) is 26.9. The second-order valence-electron chi connectivity index (χ2n) is 9.30. The zero-order valence-electron chi connectivity index (χ0n) is 20.8. The Morgan fingerprint density at radius 2 is 1.87 bits per heavy atom. The minimum absolute atomic E-state index is 0.259. The number of nitrogens with one attached hydrogen (secondary N) is 1. The third-order valence-corrected chi connectivity index (χ3v) is 8.00. The molecule has 2 aromatic carbocycles. The highest BCUT2D eigenvalue weighted by molar-refractivity contribution is 7.99. The number of nitrogen functional groups attached to an aromatic ring is 1. The summed E-state index contributed by atoms with van der Waals surface area (Å²) in [6.07, 6.45) is 1.59. The quantitative estimate of drug-likeness (QED) is 0.205. The zero-order chi connectivity index (χ0) is 26.5. The number of rotatable bonds is 11. The Hall–Kier alpha value is -2.73. The van der Waals surface area contributed by atoms with Crippen molar-refractivity contribution in [1.82, 2.24) is 24.8 Å². The van der Waals surface area contributed by atoms with Crippen molar-refractivity contribution in [1.29, 1.82) is 0 Å². The molecule has 11 heteroatoms. The summed E-state index contributed by atoms with van der Waals surface area (Å²) >= 11 is 7.72. The van der Waals surface area contributed by atoms with Gasteiger partial charge in [-0.2, -0.15) is 11.8 Å². The number of anilines is 1. The van der Waals surface area contributed by atoms with Gasteiger partial charge < -0.3 is 26.0 Å². The first-order valence-electron chi connectivity index (χ1n) is 12.6. The van der Waals surface area contributed by atoms with E-state index in [0.717, 1.165) is 42.3 Å². The molecule has 0 aliphatic carbocycles. The Kier molecular flexibility index (Phi) is 8.78. The molecule has 5 N–H and O–H groups in total. The molecular formula is C27H31ClN6O3S. The van der Waals surface area contributed by atoms with Crippen molar-refractivity contribution >= 4 is 40.3 Å². The normalized spacial score (nSPS) is 21.3. The van der Waals surface area contributed by atoms with Crippen LogP contribution in [0.1, 0.15) is 24.6 Å². The summed E-state index contributed by atoms with van der Waals surface area (Å²) < 4.78 is 7.60. The van der Waals surface area contributed by atoms with Crippen LogP contribution < -0.4 is 11.1 Å². The fourth-order valence-corrected chi connectivity index (χ4v) is 5.75. The van der Waals surface area contributed by atoms with Gasteiger partial charge in [0.05, 0.1) is 12.4 Å². The monoisotopic (exact) mass is 554 g/mol. The van der Waals surface area contributed by atoms with Gasteiger partial charge in [-0.05, 0) is 60.0 Å². The first-order chi connectivity index (χ1) is 18.5. The van der Waals surface area contributed by atoms with E-state index in [9.17, 15) is 10.2 Å². The number of ether oxygens (including phenoxy) is 1. The van der Waals surface area contributed by atoms with Gasteiger partial charge in [0, 0.05) is 17.3 Å². The molecule has 5 rings (SSSR count). The average molecular weight is 555 g/mol. The third kappa shape index (κ3) is 6.12. The average Bonchev–Trinajstić information content (AvgIpc) is 3.48. The van der Waals surface area contributed by atoms with E-state index < -0.39 is 24.5 Å². The third-order valence-electron chi connectivity index (χ3n) is 6.61. The van der Waals surface area contributed by atoms with Crippen molar-refractivity contribution in [2.24, 2.45) is 0 Å². The van der Waals surface area contributed by atoms with Gasteiger partial charge in [0.2, 0.25) is 0 Å². The van der Waals surface area contributed by atoms with Crippen molar-refractivity contribution < 1.29 is 14.9 Å². The molecular weight excluding hydrogens is 524 g/mol. The Morgan fingerprint density at radius 3 is 2.71 bits per heavy atom. The molecule has 0 saturated carbocycles. The molecule has 1 aliphatic heterocycles. The maximum Gasteiger partial charge on any atom is 0.167 e. The van der Waals surface area contributed by atoms with Crippen LogP contribution in [0.4, 0.5) is 5.82 Å². The van der Waals surface area contributed by atoms with Crippen molar-refractivity contribution in [3.8, 4) is 11.1 Å². The van der Waals surface area contributed by atoms with Crippen LogP contribution in [0.5, 0.6) is 0 Å². The molecule has 1 aliphatic rings. The topological polar surface area (TPSA) is 131 Å². The Balaban J connectivity index is 1.01. The number of nitrogens with zero attached hydrogens (tertiary/aromatic N) is 4. The molecule has 38 heavy (non-hydrogen) atoms. The van der Waals surface area contributed by atoms with Crippen LogP contribution in [0.15, 0.2) is 61.2 Å². The molecule has 1 saturated heterocycles. The molecule has 1 fully saturated rings. The molecule has 0 amide bonds. The molecule has 3 heterocycles. The number of fused-ring (bicyclic) bond motifs is 1. The maximum atomic E-state index is 10.6. The number of unbranched alkanes of at least 4 members (excludes halogenated alkanes) is 1. The summed E-state index contributed by atoms with van der Waals surface area (Å²) in [5.74, 6) is 1.79. The number of aliphatic hydroxyl groups is 2. The SMILES string of the molecule is Nc1ncnc2c1ncn2[C@@H]1O[C@H](CSCCCCNCc2cccc(-c3ccc(Cl)cc3)c2)[C@@H](O)[C@H]1O. The number of thioether (sulfide) groups is 1. The van der Waals surface area contributed by atoms with Gasteiger partial charge in [0.25, 0.3) is 0 Å². The van der Waals surface area contributed by atoms with Crippen molar-refractivity contribution in [2.45, 2.75) is 43.9 Å². The lowest BCUT2D eigenvalue weighted by molar-refractivity contribution is -0.0289. The molecule has 0 radical (unpaired) electrons. The highest BCUT2D eigenvalue weighted by atomic mass is 35.5. The lowest BCUT2D eigenvalue weighted by Gasteiger charge is -2.16. The van der Waals surface area contributed by atoms with Crippen molar-refractivity contribution in [3.05, 3.63) is 71.8 Å². The van der Waals surface area contributed by atoms with Crippen LogP contribution in [0.3, 0.4) is 0 Å². The Labute approximate surface area is 230 Å². The molecule has 0 spiro atoms. The second kappa shape index (κ2) is 12.4. The zero-order valence-corrected chi connectivity index (χ0v) is 22.4. The largest absolute Gasteiger partial charge is 0.387 e. The number of aliphatic hydroxyl groups excluding tert-OH is 2. The maximum absolute atomic E-state index is 10.6. The summed E-state index contributed by atoms with van der Waals surface area (Å²) in [5.41, 5.74) is 10.3. The summed E-state index contributed by atoms with van der Waals surface area (Å²) in [6, 6.07) is 16.4. The minimum Gasteiger partial charge on any atom is -0.387 e. The fourth-order valence-electron chi connectivity index (χ4n) is 4.54. The Morgan fingerprint density at radius 1 is 1.03 bits per heavy atom. The summed E-state index contributed by atoms with van der Waals surface area (Å²) in [7, 11) is 0. The van der Waals surface area contributed by atoms with Crippen LogP contribution in [0.25, 0.3) is 22.3 Å². The molecule has 200 valence electrons. The molecule has 0 bridgehead atoms. The fraction of sp³-hybridized carbons (Fsp3) is 0.370. The van der Waals surface area contributed by atoms with E-state index in [1.54, 1.807) is 16.3 Å². The molecule has 9 nitrogen and oxygen atoms in total. The van der Waals surface area contributed by atoms with Crippen LogP contribution >= 0.6 is 23.4 Å². The van der Waals surface area contributed by atoms with Crippen molar-refractivity contribution in [3.63, 3.8) is 0 Å². The highest BCUT2D eigenvalue weighted by Gasteiger charge is 2.44. The predicted octanol–water partition coefficient (Wildman–Crippen LogP) is 3.65. The van der Waals surface area contributed by atoms with E-state index in [-0.39, 0.29) is 5.82 Å². The summed E-state index contributed by atoms with van der Waals surface area (Å²) in [4.78, 5) is 12.4. The van der Waals surface area contributed by atoms with E-state index in [0.29, 0.717) is 16.9 Å². The van der Waals surface area contributed by atoms with Crippen LogP contribution in [-0.4, -0.2) is 66.1 Å².